The van der Waals surface area contributed by atoms with Gasteiger partial charge < -0.3 is 19.5 Å². The first-order valence-corrected chi connectivity index (χ1v) is 11.2. The summed E-state index contributed by atoms with van der Waals surface area (Å²) < 4.78 is 25.7. The highest BCUT2D eigenvalue weighted by Crippen LogP contribution is 2.41. The average Bonchev–Trinajstić information content (AvgIpc) is 3.02. The molecule has 0 unspecified atom stereocenters. The number of ether oxygens (including phenoxy) is 2. The largest absolute Gasteiger partial charge is 0.507 e. The lowest BCUT2D eigenvalue weighted by atomic mass is 9.95. The third-order valence-corrected chi connectivity index (χ3v) is 5.53. The number of carbonyl (C=O) groups is 2. The molecule has 1 aliphatic heterocycles. The monoisotopic (exact) mass is 475 g/mol. The predicted molar refractivity (Wildman–Crippen MR) is 124 cm³/mol. The second-order valence-electron chi connectivity index (χ2n) is 7.87. The highest BCUT2D eigenvalue weighted by molar-refractivity contribution is 6.46. The number of aliphatic hydroxyl groups excluding tert-OH is 1. The molecule has 0 bridgehead atoms. The molecule has 8 heteroatoms. The molecular weight excluding hydrogens is 449 g/mol. The van der Waals surface area contributed by atoms with E-state index in [1.807, 2.05) is 20.8 Å². The molecule has 0 spiro atoms. The molecular formula is C25H27ClFNO5. The van der Waals surface area contributed by atoms with Crippen LogP contribution in [0.4, 0.5) is 4.39 Å². The van der Waals surface area contributed by atoms with E-state index < -0.39 is 29.3 Å². The Hall–Kier alpha value is -2.90. The van der Waals surface area contributed by atoms with Gasteiger partial charge >= 0.3 is 0 Å². The van der Waals surface area contributed by atoms with Crippen molar-refractivity contribution in [3.8, 4) is 5.75 Å². The van der Waals surface area contributed by atoms with Crippen LogP contribution < -0.4 is 4.74 Å². The number of carbonyl (C=O) groups excluding carboxylic acids is 2. The minimum Gasteiger partial charge on any atom is -0.507 e. The fraction of sp³-hybridized carbons (Fsp3) is 0.360. The molecule has 3 rings (SSSR count). The summed E-state index contributed by atoms with van der Waals surface area (Å²) in [5, 5.41) is 11.3. The zero-order chi connectivity index (χ0) is 24.1. The molecule has 2 aromatic rings. The summed E-state index contributed by atoms with van der Waals surface area (Å²) in [5.41, 5.74) is 0.168. The molecule has 1 atom stereocenters. The lowest BCUT2D eigenvalue weighted by Crippen LogP contribution is -2.31. The molecule has 2 aromatic carbocycles. The van der Waals surface area contributed by atoms with E-state index in [0.29, 0.717) is 25.4 Å². The van der Waals surface area contributed by atoms with E-state index in [4.69, 9.17) is 21.1 Å². The summed E-state index contributed by atoms with van der Waals surface area (Å²) in [4.78, 5) is 27.2. The van der Waals surface area contributed by atoms with Gasteiger partial charge in [0.15, 0.2) is 0 Å². The molecule has 1 saturated heterocycles. The van der Waals surface area contributed by atoms with Gasteiger partial charge in [-0.05, 0) is 51.5 Å². The van der Waals surface area contributed by atoms with Crippen LogP contribution in [0.5, 0.6) is 5.75 Å². The van der Waals surface area contributed by atoms with Crippen LogP contribution in [0, 0.1) is 5.82 Å². The van der Waals surface area contributed by atoms with Gasteiger partial charge in [-0.2, -0.15) is 0 Å². The van der Waals surface area contributed by atoms with Crippen molar-refractivity contribution >= 4 is 29.1 Å². The highest BCUT2D eigenvalue weighted by Gasteiger charge is 2.46. The second kappa shape index (κ2) is 10.8. The zero-order valence-corrected chi connectivity index (χ0v) is 19.6. The number of nitrogens with zero attached hydrogens (tertiary/aromatic N) is 1. The van der Waals surface area contributed by atoms with E-state index in [-0.39, 0.29) is 34.4 Å². The van der Waals surface area contributed by atoms with Crippen molar-refractivity contribution in [2.24, 2.45) is 0 Å². The number of halogens is 2. The standard InChI is InChI=1S/C25H27ClFNO5/c1-4-32-20-11-10-16(14-18(20)26)23(29)21-22(17-8-5-6-9-19(17)27)28(25(31)24(21)30)12-7-13-33-15(2)3/h5-6,8-11,14-15,22,29H,4,7,12-13H2,1-3H3/t22-/m1/s1. The van der Waals surface area contributed by atoms with Crippen LogP contribution in [0.3, 0.4) is 0 Å². The van der Waals surface area contributed by atoms with Crippen molar-refractivity contribution in [3.05, 3.63) is 70.0 Å². The predicted octanol–water partition coefficient (Wildman–Crippen LogP) is 5.11. The van der Waals surface area contributed by atoms with Gasteiger partial charge in [0, 0.05) is 24.3 Å². The molecule has 1 fully saturated rings. The Labute approximate surface area is 197 Å². The summed E-state index contributed by atoms with van der Waals surface area (Å²) in [6.45, 7) is 6.55. The van der Waals surface area contributed by atoms with E-state index in [0.717, 1.165) is 0 Å². The van der Waals surface area contributed by atoms with Gasteiger partial charge in [0.25, 0.3) is 11.7 Å². The fourth-order valence-corrected chi connectivity index (χ4v) is 4.00. The number of amides is 1. The molecule has 1 aliphatic rings. The van der Waals surface area contributed by atoms with Crippen molar-refractivity contribution in [2.45, 2.75) is 39.3 Å². The minimum absolute atomic E-state index is 0.0205. The van der Waals surface area contributed by atoms with E-state index in [1.54, 1.807) is 12.1 Å². The summed E-state index contributed by atoms with van der Waals surface area (Å²) in [6.07, 6.45) is 0.470. The van der Waals surface area contributed by atoms with Crippen molar-refractivity contribution in [1.82, 2.24) is 4.90 Å². The van der Waals surface area contributed by atoms with Crippen LogP contribution in [0.25, 0.3) is 5.76 Å². The van der Waals surface area contributed by atoms with Crippen LogP contribution in [0.2, 0.25) is 5.02 Å². The maximum atomic E-state index is 14.8. The van der Waals surface area contributed by atoms with E-state index in [2.05, 4.69) is 0 Å². The molecule has 1 N–H and O–H groups in total. The van der Waals surface area contributed by atoms with Gasteiger partial charge in [-0.15, -0.1) is 0 Å². The molecule has 6 nitrogen and oxygen atoms in total. The van der Waals surface area contributed by atoms with Gasteiger partial charge in [0.05, 0.1) is 29.3 Å². The van der Waals surface area contributed by atoms with Gasteiger partial charge in [-0.25, -0.2) is 4.39 Å². The summed E-state index contributed by atoms with van der Waals surface area (Å²) in [5.74, 6) is -2.26. The average molecular weight is 476 g/mol. The fourth-order valence-electron chi connectivity index (χ4n) is 3.76. The van der Waals surface area contributed by atoms with E-state index in [9.17, 15) is 19.1 Å². The van der Waals surface area contributed by atoms with E-state index >= 15 is 0 Å². The first kappa shape index (κ1) is 24.7. The Kier molecular flexibility index (Phi) is 8.10. The third-order valence-electron chi connectivity index (χ3n) is 5.24. The maximum absolute atomic E-state index is 14.8. The number of aliphatic hydroxyl groups is 1. The highest BCUT2D eigenvalue weighted by atomic mass is 35.5. The summed E-state index contributed by atoms with van der Waals surface area (Å²) in [7, 11) is 0. The SMILES string of the molecule is CCOc1ccc(C(O)=C2C(=O)C(=O)N(CCCOC(C)C)[C@@H]2c2ccccc2F)cc1Cl. The van der Waals surface area contributed by atoms with Gasteiger partial charge in [0.1, 0.15) is 17.3 Å². The van der Waals surface area contributed by atoms with Crippen molar-refractivity contribution < 1.29 is 28.6 Å². The quantitative estimate of drug-likeness (QED) is 0.236. The Bertz CT molecular complexity index is 1070. The normalized spacial score (nSPS) is 17.8. The van der Waals surface area contributed by atoms with Crippen LogP contribution in [-0.4, -0.2) is 47.6 Å². The Morgan fingerprint density at radius 3 is 2.58 bits per heavy atom. The molecule has 0 saturated carbocycles. The minimum atomic E-state index is -1.07. The number of ketones is 1. The Morgan fingerprint density at radius 2 is 1.94 bits per heavy atom. The van der Waals surface area contributed by atoms with Crippen LogP contribution in [-0.2, 0) is 14.3 Å². The number of likely N-dealkylation sites (tertiary alicyclic amines) is 1. The van der Waals surface area contributed by atoms with Crippen molar-refractivity contribution in [1.29, 1.82) is 0 Å². The Balaban J connectivity index is 2.06. The second-order valence-corrected chi connectivity index (χ2v) is 8.27. The molecule has 0 aromatic heterocycles. The molecule has 33 heavy (non-hydrogen) atoms. The first-order chi connectivity index (χ1) is 15.8. The zero-order valence-electron chi connectivity index (χ0n) is 18.8. The molecule has 1 amide bonds. The third kappa shape index (κ3) is 5.37. The first-order valence-electron chi connectivity index (χ1n) is 10.8. The molecule has 0 aliphatic carbocycles. The van der Waals surface area contributed by atoms with Crippen molar-refractivity contribution in [2.75, 3.05) is 19.8 Å². The Morgan fingerprint density at radius 1 is 1.21 bits per heavy atom. The molecule has 176 valence electrons. The van der Waals surface area contributed by atoms with Crippen LogP contribution in [0.15, 0.2) is 48.0 Å². The number of Topliss-reactive ketones (excluding diaryl/α,β-unsaturated/α-hetero) is 1. The number of rotatable bonds is 9. The van der Waals surface area contributed by atoms with Crippen molar-refractivity contribution in [3.63, 3.8) is 0 Å². The number of benzene rings is 2. The van der Waals surface area contributed by atoms with Crippen LogP contribution in [0.1, 0.15) is 44.4 Å². The number of hydrogen-bond donors (Lipinski definition) is 1. The topological polar surface area (TPSA) is 76.1 Å². The summed E-state index contributed by atoms with van der Waals surface area (Å²) >= 11 is 6.25. The smallest absolute Gasteiger partial charge is 0.295 e. The van der Waals surface area contributed by atoms with Crippen LogP contribution >= 0.6 is 11.6 Å². The van der Waals surface area contributed by atoms with E-state index in [1.165, 1.54) is 35.2 Å². The number of hydrogen-bond acceptors (Lipinski definition) is 5. The van der Waals surface area contributed by atoms with Gasteiger partial charge in [0.2, 0.25) is 0 Å². The lowest BCUT2D eigenvalue weighted by molar-refractivity contribution is -0.140. The molecule has 0 radical (unpaired) electrons. The van der Waals surface area contributed by atoms with Gasteiger partial charge in [-0.1, -0.05) is 29.8 Å². The molecule has 1 heterocycles. The summed E-state index contributed by atoms with van der Waals surface area (Å²) in [6, 6.07) is 9.38. The maximum Gasteiger partial charge on any atom is 0.295 e. The lowest BCUT2D eigenvalue weighted by Gasteiger charge is -2.25. The van der Waals surface area contributed by atoms with Gasteiger partial charge in [-0.3, -0.25) is 9.59 Å².